The van der Waals surface area contributed by atoms with Gasteiger partial charge < -0.3 is 9.47 Å². The van der Waals surface area contributed by atoms with Crippen molar-refractivity contribution >= 4 is 11.8 Å². The van der Waals surface area contributed by atoms with Gasteiger partial charge in [-0.15, -0.1) is 0 Å². The molecule has 4 fully saturated rings. The Morgan fingerprint density at radius 1 is 1.12 bits per heavy atom. The van der Waals surface area contributed by atoms with E-state index in [0.29, 0.717) is 25.2 Å². The minimum Gasteiger partial charge on any atom is -0.463 e. The molecule has 4 aliphatic carbocycles. The fourth-order valence-electron chi connectivity index (χ4n) is 4.58. The summed E-state index contributed by atoms with van der Waals surface area (Å²) < 4.78 is 60.0. The number of rotatable bonds is 6. The zero-order valence-corrected chi connectivity index (χ0v) is 13.3. The molecular weight excluding hydrogens is 332 g/mol. The van der Waals surface area contributed by atoms with Crippen LogP contribution in [0.25, 0.3) is 0 Å². The lowest BCUT2D eigenvalue weighted by atomic mass is 9.49. The van der Waals surface area contributed by atoms with E-state index in [1.165, 1.54) is 0 Å². The zero-order valence-electron chi connectivity index (χ0n) is 13.3. The summed E-state index contributed by atoms with van der Waals surface area (Å²) in [5, 5.41) is 0. The highest BCUT2D eigenvalue weighted by Crippen LogP contribution is 2.59. The number of carbonyl (C=O) groups excluding carboxylic acids is 2. The molecule has 4 bridgehead atoms. The largest absolute Gasteiger partial charge is 0.463 e. The van der Waals surface area contributed by atoms with Crippen LogP contribution in [0.1, 0.15) is 39.0 Å². The number of halogens is 4. The molecule has 0 saturated heterocycles. The smallest absolute Gasteiger partial charge is 0.419 e. The molecule has 8 heteroatoms. The van der Waals surface area contributed by atoms with E-state index in [0.717, 1.165) is 12.8 Å². The molecule has 0 heterocycles. The topological polar surface area (TPSA) is 52.6 Å². The fraction of sp³-hybridized carbons (Fsp3) is 0.875. The Bertz CT molecular complexity index is 525. The maximum Gasteiger partial charge on any atom is 0.419 e. The predicted molar refractivity (Wildman–Crippen MR) is 73.5 cm³/mol. The van der Waals surface area contributed by atoms with E-state index in [-0.39, 0.29) is 24.5 Å². The number of alkyl halides is 4. The molecule has 136 valence electrons. The van der Waals surface area contributed by atoms with Crippen molar-refractivity contribution in [1.29, 1.82) is 0 Å². The highest BCUT2D eigenvalue weighted by atomic mass is 19.3. The van der Waals surface area contributed by atoms with Crippen LogP contribution in [0.2, 0.25) is 0 Å². The van der Waals surface area contributed by atoms with Crippen molar-refractivity contribution in [2.24, 2.45) is 23.2 Å². The first-order valence-electron chi connectivity index (χ1n) is 8.15. The van der Waals surface area contributed by atoms with Gasteiger partial charge in [0.2, 0.25) is 0 Å². The van der Waals surface area contributed by atoms with E-state index in [1.54, 1.807) is 0 Å². The van der Waals surface area contributed by atoms with Crippen LogP contribution >= 0.6 is 0 Å². The second-order valence-electron chi connectivity index (χ2n) is 7.42. The molecule has 0 amide bonds. The number of carbonyl (C=O) groups is 2. The Morgan fingerprint density at radius 3 is 2.25 bits per heavy atom. The van der Waals surface area contributed by atoms with Crippen LogP contribution in [0.3, 0.4) is 0 Å². The van der Waals surface area contributed by atoms with Crippen molar-refractivity contribution < 1.29 is 36.6 Å². The molecule has 2 atom stereocenters. The quantitative estimate of drug-likeness (QED) is 0.419. The fourth-order valence-corrected chi connectivity index (χ4v) is 4.58. The minimum atomic E-state index is -4.60. The molecule has 4 saturated carbocycles. The van der Waals surface area contributed by atoms with Crippen LogP contribution in [-0.4, -0.2) is 37.0 Å². The standard InChI is InChI=1S/C16H20F4O4/c1-14(17,18)16(19,20)24-3-2-23-13(22)15-6-9-4-10(7-15)12(21)11(5-9)8-15/h9-11H,2-8H2,1H3. The first-order valence-corrected chi connectivity index (χ1v) is 8.15. The molecule has 0 radical (unpaired) electrons. The zero-order chi connectivity index (χ0) is 17.8. The number of ketones is 1. The van der Waals surface area contributed by atoms with E-state index < -0.39 is 36.6 Å². The number of ether oxygens (including phenoxy) is 2. The first-order chi connectivity index (χ1) is 11.0. The molecule has 0 spiro atoms. The van der Waals surface area contributed by atoms with Crippen LogP contribution in [0.15, 0.2) is 0 Å². The number of hydrogen-bond acceptors (Lipinski definition) is 4. The van der Waals surface area contributed by atoms with Crippen LogP contribution < -0.4 is 0 Å². The van der Waals surface area contributed by atoms with Crippen molar-refractivity contribution in [1.82, 2.24) is 0 Å². The maximum atomic E-state index is 13.0. The molecule has 0 N–H and O–H groups in total. The third kappa shape index (κ3) is 2.93. The summed E-state index contributed by atoms with van der Waals surface area (Å²) in [4.78, 5) is 24.5. The molecule has 0 aromatic carbocycles. The van der Waals surface area contributed by atoms with Gasteiger partial charge in [0, 0.05) is 18.8 Å². The van der Waals surface area contributed by atoms with Crippen LogP contribution in [0, 0.1) is 23.2 Å². The summed E-state index contributed by atoms with van der Waals surface area (Å²) in [5.41, 5.74) is -0.721. The monoisotopic (exact) mass is 352 g/mol. The third-order valence-corrected chi connectivity index (χ3v) is 5.54. The summed E-state index contributed by atoms with van der Waals surface area (Å²) in [7, 11) is 0. The van der Waals surface area contributed by atoms with Gasteiger partial charge in [-0.25, -0.2) is 0 Å². The normalized spacial score (nSPS) is 35.4. The summed E-state index contributed by atoms with van der Waals surface area (Å²) in [6.07, 6.45) is -1.44. The van der Waals surface area contributed by atoms with Crippen LogP contribution in [0.4, 0.5) is 17.6 Å². The van der Waals surface area contributed by atoms with Crippen LogP contribution in [-0.2, 0) is 19.1 Å². The van der Waals surface area contributed by atoms with Crippen LogP contribution in [0.5, 0.6) is 0 Å². The predicted octanol–water partition coefficient (Wildman–Crippen LogP) is 3.19. The van der Waals surface area contributed by atoms with Crippen molar-refractivity contribution in [2.75, 3.05) is 13.2 Å². The molecule has 0 aromatic heterocycles. The van der Waals surface area contributed by atoms with Gasteiger partial charge >= 0.3 is 18.0 Å². The summed E-state index contributed by atoms with van der Waals surface area (Å²) in [6.45, 7) is -1.26. The lowest BCUT2D eigenvalue weighted by Crippen LogP contribution is -2.55. The third-order valence-electron chi connectivity index (χ3n) is 5.54. The van der Waals surface area contributed by atoms with E-state index >= 15 is 0 Å². The van der Waals surface area contributed by atoms with Gasteiger partial charge in [-0.3, -0.25) is 9.59 Å². The molecule has 0 aromatic rings. The number of esters is 1. The van der Waals surface area contributed by atoms with E-state index in [1.807, 2.05) is 0 Å². The Labute approximate surface area is 136 Å². The van der Waals surface area contributed by atoms with Gasteiger partial charge in [0.15, 0.2) is 0 Å². The molecular formula is C16H20F4O4. The van der Waals surface area contributed by atoms with Gasteiger partial charge in [-0.05, 0) is 38.0 Å². The van der Waals surface area contributed by atoms with E-state index in [2.05, 4.69) is 4.74 Å². The Balaban J connectivity index is 1.52. The summed E-state index contributed by atoms with van der Waals surface area (Å²) in [5.74, 6) is -4.50. The van der Waals surface area contributed by atoms with Gasteiger partial charge in [-0.1, -0.05) is 0 Å². The molecule has 0 aliphatic heterocycles. The van der Waals surface area contributed by atoms with Crippen molar-refractivity contribution in [3.05, 3.63) is 0 Å². The average molecular weight is 352 g/mol. The highest BCUT2D eigenvalue weighted by Gasteiger charge is 2.59. The molecule has 2 unspecified atom stereocenters. The summed E-state index contributed by atoms with van der Waals surface area (Å²) >= 11 is 0. The molecule has 4 nitrogen and oxygen atoms in total. The van der Waals surface area contributed by atoms with Gasteiger partial charge in [0.25, 0.3) is 0 Å². The molecule has 24 heavy (non-hydrogen) atoms. The van der Waals surface area contributed by atoms with Crippen molar-refractivity contribution in [3.8, 4) is 0 Å². The lowest BCUT2D eigenvalue weighted by Gasteiger charge is -2.53. The van der Waals surface area contributed by atoms with Gasteiger partial charge in [0.05, 0.1) is 12.0 Å². The lowest BCUT2D eigenvalue weighted by molar-refractivity contribution is -0.342. The molecule has 4 rings (SSSR count). The Hall–Kier alpha value is -1.18. The second-order valence-corrected chi connectivity index (χ2v) is 7.42. The van der Waals surface area contributed by atoms with E-state index in [4.69, 9.17) is 4.74 Å². The Morgan fingerprint density at radius 2 is 1.71 bits per heavy atom. The first kappa shape index (κ1) is 17.6. The van der Waals surface area contributed by atoms with E-state index in [9.17, 15) is 27.2 Å². The minimum absolute atomic E-state index is 0.0610. The maximum absolute atomic E-state index is 13.0. The van der Waals surface area contributed by atoms with Crippen molar-refractivity contribution in [2.45, 2.75) is 51.1 Å². The second kappa shape index (κ2) is 5.68. The van der Waals surface area contributed by atoms with Crippen molar-refractivity contribution in [3.63, 3.8) is 0 Å². The SMILES string of the molecule is CC(F)(F)C(F)(F)OCCOC(=O)C12CC3CC(C1)C(=O)C(C3)C2. The molecule has 4 aliphatic rings. The highest BCUT2D eigenvalue weighted by molar-refractivity contribution is 5.89. The number of Topliss-reactive ketones (excluding diaryl/α,β-unsaturated/α-hetero) is 1. The Kier molecular flexibility index (Phi) is 4.17. The summed E-state index contributed by atoms with van der Waals surface area (Å²) in [6, 6.07) is 0. The average Bonchev–Trinajstić information content (AvgIpc) is 2.46. The van der Waals surface area contributed by atoms with Gasteiger partial charge in [-0.2, -0.15) is 17.6 Å². The van der Waals surface area contributed by atoms with Gasteiger partial charge in [0.1, 0.15) is 12.4 Å². The number of hydrogen-bond donors (Lipinski definition) is 0.